The van der Waals surface area contributed by atoms with E-state index in [1.54, 1.807) is 30.6 Å². The molecule has 2 aromatic rings. The fourth-order valence-corrected chi connectivity index (χ4v) is 4.11. The molecule has 0 radical (unpaired) electrons. The summed E-state index contributed by atoms with van der Waals surface area (Å²) >= 11 is 1.59. The molecular formula is C21H26N2O2S. The van der Waals surface area contributed by atoms with Crippen LogP contribution in [0.15, 0.2) is 35.7 Å². The number of piperidine rings is 1. The first kappa shape index (κ1) is 18.8. The first-order valence-electron chi connectivity index (χ1n) is 9.02. The van der Waals surface area contributed by atoms with E-state index < -0.39 is 0 Å². The number of nitrogens with zero attached hydrogens (tertiary/aromatic N) is 2. The Hall–Kier alpha value is -1.98. The van der Waals surface area contributed by atoms with Crippen LogP contribution in [0.25, 0.3) is 6.08 Å². The summed E-state index contributed by atoms with van der Waals surface area (Å²) in [4.78, 5) is 18.8. The van der Waals surface area contributed by atoms with Gasteiger partial charge in [0.25, 0.3) is 0 Å². The van der Waals surface area contributed by atoms with Crippen LogP contribution < -0.4 is 0 Å². The molecule has 0 spiro atoms. The highest BCUT2D eigenvalue weighted by Gasteiger charge is 2.30. The van der Waals surface area contributed by atoms with E-state index in [2.05, 4.69) is 36.2 Å². The number of rotatable bonds is 5. The maximum absolute atomic E-state index is 12.5. The second-order valence-corrected chi connectivity index (χ2v) is 7.99. The van der Waals surface area contributed by atoms with Gasteiger partial charge in [0.05, 0.1) is 16.8 Å². The van der Waals surface area contributed by atoms with E-state index in [0.717, 1.165) is 30.1 Å². The van der Waals surface area contributed by atoms with Gasteiger partial charge in [0.2, 0.25) is 5.91 Å². The molecule has 4 nitrogen and oxygen atoms in total. The van der Waals surface area contributed by atoms with Crippen LogP contribution in [0, 0.1) is 19.8 Å². The highest BCUT2D eigenvalue weighted by atomic mass is 32.1. The molecule has 1 aromatic heterocycles. The van der Waals surface area contributed by atoms with Crippen molar-refractivity contribution in [1.29, 1.82) is 0 Å². The average molecular weight is 371 g/mol. The van der Waals surface area contributed by atoms with E-state index in [9.17, 15) is 4.79 Å². The van der Waals surface area contributed by atoms with E-state index >= 15 is 0 Å². The predicted molar refractivity (Wildman–Crippen MR) is 106 cm³/mol. The lowest BCUT2D eigenvalue weighted by atomic mass is 9.87. The van der Waals surface area contributed by atoms with E-state index in [1.165, 1.54) is 11.1 Å². The van der Waals surface area contributed by atoms with E-state index in [1.807, 2.05) is 17.2 Å². The molecule has 1 amide bonds. The largest absolute Gasteiger partial charge is 0.379 e. The molecule has 1 aliphatic heterocycles. The molecule has 0 aliphatic carbocycles. The molecule has 2 atom stereocenters. The zero-order chi connectivity index (χ0) is 18.5. The Balaban J connectivity index is 1.60. The third kappa shape index (κ3) is 4.80. The van der Waals surface area contributed by atoms with Crippen molar-refractivity contribution in [3.05, 3.63) is 57.6 Å². The maximum Gasteiger partial charge on any atom is 0.246 e. The third-order valence-electron chi connectivity index (χ3n) is 4.92. The Labute approximate surface area is 159 Å². The summed E-state index contributed by atoms with van der Waals surface area (Å²) in [6.45, 7) is 5.50. The van der Waals surface area contributed by atoms with Crippen LogP contribution in [-0.2, 0) is 16.0 Å². The maximum atomic E-state index is 12.5. The standard InChI is InChI=1S/C21H26N2O2S/c1-15-5-4-6-17(11-15)12-18-9-10-23(13-20(18)25-3)21(24)8-7-19-14-26-16(2)22-19/h4-8,11,14,18,20H,9-10,12-13H2,1-3H3/t18-,20-/m1/s1. The molecule has 0 unspecified atom stereocenters. The number of amides is 1. The van der Waals surface area contributed by atoms with E-state index in [-0.39, 0.29) is 12.0 Å². The zero-order valence-corrected chi connectivity index (χ0v) is 16.5. The molecule has 26 heavy (non-hydrogen) atoms. The molecule has 1 aliphatic rings. The van der Waals surface area contributed by atoms with Crippen molar-refractivity contribution in [2.75, 3.05) is 20.2 Å². The van der Waals surface area contributed by atoms with Gasteiger partial charge in [0.1, 0.15) is 0 Å². The summed E-state index contributed by atoms with van der Waals surface area (Å²) in [5.41, 5.74) is 3.47. The number of methoxy groups -OCH3 is 1. The summed E-state index contributed by atoms with van der Waals surface area (Å²) in [5.74, 6) is 0.475. The van der Waals surface area contributed by atoms with Crippen LogP contribution in [0.1, 0.15) is 28.2 Å². The fourth-order valence-electron chi connectivity index (χ4n) is 3.53. The molecule has 0 N–H and O–H groups in total. The molecule has 3 rings (SSSR count). The smallest absolute Gasteiger partial charge is 0.246 e. The van der Waals surface area contributed by atoms with Crippen LogP contribution in [0.2, 0.25) is 0 Å². The highest BCUT2D eigenvalue weighted by Crippen LogP contribution is 2.25. The van der Waals surface area contributed by atoms with Gasteiger partial charge in [0, 0.05) is 31.7 Å². The lowest BCUT2D eigenvalue weighted by Gasteiger charge is -2.37. The Morgan fingerprint density at radius 1 is 1.42 bits per heavy atom. The number of hydrogen-bond acceptors (Lipinski definition) is 4. The topological polar surface area (TPSA) is 42.4 Å². The van der Waals surface area contributed by atoms with Gasteiger partial charge < -0.3 is 9.64 Å². The summed E-state index contributed by atoms with van der Waals surface area (Å²) in [7, 11) is 1.75. The van der Waals surface area contributed by atoms with E-state index in [4.69, 9.17) is 4.74 Å². The summed E-state index contributed by atoms with van der Waals surface area (Å²) in [5, 5.41) is 2.97. The van der Waals surface area contributed by atoms with Gasteiger partial charge in [-0.25, -0.2) is 4.98 Å². The van der Waals surface area contributed by atoms with Crippen molar-refractivity contribution in [3.63, 3.8) is 0 Å². The van der Waals surface area contributed by atoms with Crippen LogP contribution in [0.3, 0.4) is 0 Å². The van der Waals surface area contributed by atoms with Crippen molar-refractivity contribution in [2.24, 2.45) is 5.92 Å². The summed E-state index contributed by atoms with van der Waals surface area (Å²) in [6.07, 6.45) is 5.45. The number of carbonyl (C=O) groups excluding carboxylic acids is 1. The van der Waals surface area contributed by atoms with Crippen molar-refractivity contribution in [1.82, 2.24) is 9.88 Å². The molecule has 2 heterocycles. The van der Waals surface area contributed by atoms with Gasteiger partial charge in [-0.2, -0.15) is 0 Å². The van der Waals surface area contributed by atoms with Gasteiger partial charge in [-0.1, -0.05) is 29.8 Å². The molecule has 5 heteroatoms. The number of thiazole rings is 1. The van der Waals surface area contributed by atoms with Crippen molar-refractivity contribution in [2.45, 2.75) is 32.8 Å². The van der Waals surface area contributed by atoms with Crippen molar-refractivity contribution in [3.8, 4) is 0 Å². The number of hydrogen-bond donors (Lipinski definition) is 0. The Kier molecular flexibility index (Phi) is 6.22. The van der Waals surface area contributed by atoms with Gasteiger partial charge >= 0.3 is 0 Å². The SMILES string of the molecule is CO[C@@H]1CN(C(=O)C=Cc2csc(C)n2)CC[C@@H]1Cc1cccc(C)c1. The number of benzene rings is 1. The lowest BCUT2D eigenvalue weighted by Crippen LogP contribution is -2.47. The van der Waals surface area contributed by atoms with Crippen LogP contribution >= 0.6 is 11.3 Å². The van der Waals surface area contributed by atoms with Gasteiger partial charge in [-0.15, -0.1) is 11.3 Å². The lowest BCUT2D eigenvalue weighted by molar-refractivity contribution is -0.131. The monoisotopic (exact) mass is 370 g/mol. The number of carbonyl (C=O) groups is 1. The molecular weight excluding hydrogens is 344 g/mol. The van der Waals surface area contributed by atoms with Crippen molar-refractivity contribution < 1.29 is 9.53 Å². The minimum atomic E-state index is 0.0340. The molecule has 138 valence electrons. The van der Waals surface area contributed by atoms with Crippen LogP contribution in [0.4, 0.5) is 0 Å². The zero-order valence-electron chi connectivity index (χ0n) is 15.6. The van der Waals surface area contributed by atoms with Crippen LogP contribution in [0.5, 0.6) is 0 Å². The number of likely N-dealkylation sites (tertiary alicyclic amines) is 1. The number of aromatic nitrogens is 1. The number of ether oxygens (including phenoxy) is 1. The minimum absolute atomic E-state index is 0.0340. The molecule has 1 aromatic carbocycles. The molecule has 1 saturated heterocycles. The van der Waals surface area contributed by atoms with E-state index in [0.29, 0.717) is 12.5 Å². The molecule has 0 saturated carbocycles. The predicted octanol–water partition coefficient (Wildman–Crippen LogP) is 3.88. The molecule has 1 fully saturated rings. The van der Waals surface area contributed by atoms with Gasteiger partial charge in [-0.05, 0) is 44.2 Å². The quantitative estimate of drug-likeness (QED) is 0.750. The summed E-state index contributed by atoms with van der Waals surface area (Å²) in [6, 6.07) is 8.64. The minimum Gasteiger partial charge on any atom is -0.379 e. The second kappa shape index (κ2) is 8.60. The normalized spacial score (nSPS) is 20.7. The Morgan fingerprint density at radius 2 is 2.27 bits per heavy atom. The first-order chi connectivity index (χ1) is 12.5. The summed E-state index contributed by atoms with van der Waals surface area (Å²) < 4.78 is 5.72. The van der Waals surface area contributed by atoms with Crippen molar-refractivity contribution >= 4 is 23.3 Å². The first-order valence-corrected chi connectivity index (χ1v) is 9.90. The number of aryl methyl sites for hydroxylation is 2. The Bertz CT molecular complexity index is 784. The van der Waals surface area contributed by atoms with Gasteiger partial charge in [-0.3, -0.25) is 4.79 Å². The fraction of sp³-hybridized carbons (Fsp3) is 0.429. The van der Waals surface area contributed by atoms with Crippen LogP contribution in [-0.4, -0.2) is 42.1 Å². The average Bonchev–Trinajstić information content (AvgIpc) is 3.05. The third-order valence-corrected chi connectivity index (χ3v) is 5.72. The Morgan fingerprint density at radius 3 is 2.96 bits per heavy atom. The molecule has 0 bridgehead atoms. The highest BCUT2D eigenvalue weighted by molar-refractivity contribution is 7.09. The van der Waals surface area contributed by atoms with Gasteiger partial charge in [0.15, 0.2) is 0 Å². The second-order valence-electron chi connectivity index (χ2n) is 6.93.